The van der Waals surface area contributed by atoms with Gasteiger partial charge in [0.05, 0.1) is 23.5 Å². The third kappa shape index (κ3) is 2.82. The van der Waals surface area contributed by atoms with Crippen LogP contribution >= 0.6 is 23.4 Å². The van der Waals surface area contributed by atoms with Crippen molar-refractivity contribution >= 4 is 34.4 Å². The summed E-state index contributed by atoms with van der Waals surface area (Å²) >= 11 is 7.90. The summed E-state index contributed by atoms with van der Waals surface area (Å²) in [5.41, 5.74) is 1.47. The van der Waals surface area contributed by atoms with Crippen LogP contribution in [0.2, 0.25) is 0 Å². The fourth-order valence-electron chi connectivity index (χ4n) is 2.02. The van der Waals surface area contributed by atoms with Crippen LogP contribution in [0, 0.1) is 5.82 Å². The van der Waals surface area contributed by atoms with Gasteiger partial charge >= 0.3 is 0 Å². The van der Waals surface area contributed by atoms with Crippen LogP contribution in [0.5, 0.6) is 5.75 Å². The van der Waals surface area contributed by atoms with Crippen LogP contribution in [0.3, 0.4) is 0 Å². The van der Waals surface area contributed by atoms with E-state index in [0.717, 1.165) is 23.6 Å². The number of aromatic nitrogens is 2. The molecule has 0 radical (unpaired) electrons. The zero-order valence-electron chi connectivity index (χ0n) is 11.1. The van der Waals surface area contributed by atoms with E-state index in [1.165, 1.54) is 13.2 Å². The molecule has 19 heavy (non-hydrogen) atoms. The van der Waals surface area contributed by atoms with Crippen molar-refractivity contribution in [1.29, 1.82) is 0 Å². The van der Waals surface area contributed by atoms with Gasteiger partial charge in [-0.1, -0.05) is 0 Å². The minimum absolute atomic E-state index is 0.219. The zero-order chi connectivity index (χ0) is 14.0. The number of aryl methyl sites for hydroxylation is 1. The van der Waals surface area contributed by atoms with E-state index in [4.69, 9.17) is 16.3 Å². The number of rotatable bonds is 5. The summed E-state index contributed by atoms with van der Waals surface area (Å²) in [6, 6.07) is 3.08. The summed E-state index contributed by atoms with van der Waals surface area (Å²) in [7, 11) is 1.46. The fourth-order valence-corrected chi connectivity index (χ4v) is 2.55. The lowest BCUT2D eigenvalue weighted by atomic mass is 10.3. The molecule has 104 valence electrons. The number of ether oxygens (including phenoxy) is 1. The molecule has 0 aliphatic rings. The monoisotopic (exact) mass is 302 g/mol. The molecule has 2 rings (SSSR count). The molecular weight excluding hydrogens is 287 g/mol. The first-order chi connectivity index (χ1) is 9.08. The van der Waals surface area contributed by atoms with E-state index in [0.29, 0.717) is 5.52 Å². The van der Waals surface area contributed by atoms with Crippen LogP contribution in [-0.4, -0.2) is 28.7 Å². The van der Waals surface area contributed by atoms with Crippen molar-refractivity contribution in [2.24, 2.45) is 0 Å². The lowest BCUT2D eigenvalue weighted by Gasteiger charge is -2.10. The third-order valence-electron chi connectivity index (χ3n) is 2.93. The van der Waals surface area contributed by atoms with Crippen molar-refractivity contribution in [2.75, 3.05) is 19.1 Å². The van der Waals surface area contributed by atoms with Crippen molar-refractivity contribution in [2.45, 2.75) is 18.8 Å². The van der Waals surface area contributed by atoms with Crippen LogP contribution in [0.4, 0.5) is 4.39 Å². The summed E-state index contributed by atoms with van der Waals surface area (Å²) in [6.45, 7) is 2.66. The lowest BCUT2D eigenvalue weighted by Crippen LogP contribution is -2.06. The Kier molecular flexibility index (Phi) is 4.58. The molecule has 1 atom stereocenters. The van der Waals surface area contributed by atoms with Gasteiger partial charge in [0.1, 0.15) is 5.82 Å². The Balaban J connectivity index is 2.61. The van der Waals surface area contributed by atoms with Gasteiger partial charge in [-0.15, -0.1) is 11.6 Å². The number of thioether (sulfide) groups is 1. The van der Waals surface area contributed by atoms with Gasteiger partial charge in [0.15, 0.2) is 11.6 Å². The minimum atomic E-state index is -0.404. The van der Waals surface area contributed by atoms with E-state index in [1.54, 1.807) is 17.8 Å². The standard InChI is InChI=1S/C13H16ClFN2OS/c1-8(14)13-16-10-6-9(15)12(18-2)7-11(10)17(13)4-5-19-3/h6-8H,4-5H2,1-3H3. The molecule has 6 heteroatoms. The van der Waals surface area contributed by atoms with E-state index in [-0.39, 0.29) is 11.1 Å². The van der Waals surface area contributed by atoms with Crippen LogP contribution in [-0.2, 0) is 6.54 Å². The van der Waals surface area contributed by atoms with Crippen LogP contribution in [0.15, 0.2) is 12.1 Å². The first-order valence-electron chi connectivity index (χ1n) is 5.95. The van der Waals surface area contributed by atoms with Gasteiger partial charge in [0, 0.05) is 24.4 Å². The molecule has 1 heterocycles. The van der Waals surface area contributed by atoms with E-state index < -0.39 is 5.82 Å². The van der Waals surface area contributed by atoms with E-state index in [2.05, 4.69) is 4.98 Å². The Labute approximate surface area is 121 Å². The molecule has 1 aromatic carbocycles. The molecule has 0 saturated heterocycles. The van der Waals surface area contributed by atoms with Gasteiger partial charge in [0.2, 0.25) is 0 Å². The predicted molar refractivity (Wildman–Crippen MR) is 78.9 cm³/mol. The van der Waals surface area contributed by atoms with Gasteiger partial charge < -0.3 is 9.30 Å². The number of hydrogen-bond donors (Lipinski definition) is 0. The first-order valence-corrected chi connectivity index (χ1v) is 7.78. The topological polar surface area (TPSA) is 27.1 Å². The largest absolute Gasteiger partial charge is 0.494 e. The summed E-state index contributed by atoms with van der Waals surface area (Å²) in [5, 5.41) is -0.219. The normalized spacial score (nSPS) is 12.9. The summed E-state index contributed by atoms with van der Waals surface area (Å²) in [5.74, 6) is 1.53. The number of fused-ring (bicyclic) bond motifs is 1. The highest BCUT2D eigenvalue weighted by Crippen LogP contribution is 2.29. The van der Waals surface area contributed by atoms with E-state index in [1.807, 2.05) is 17.7 Å². The van der Waals surface area contributed by atoms with E-state index in [9.17, 15) is 4.39 Å². The summed E-state index contributed by atoms with van der Waals surface area (Å²) < 4.78 is 20.8. The van der Waals surface area contributed by atoms with Crippen molar-refractivity contribution in [3.05, 3.63) is 23.8 Å². The Morgan fingerprint density at radius 2 is 2.26 bits per heavy atom. The number of halogens is 2. The predicted octanol–water partition coefficient (Wildman–Crippen LogP) is 3.85. The highest BCUT2D eigenvalue weighted by atomic mass is 35.5. The van der Waals surface area contributed by atoms with Gasteiger partial charge in [-0.3, -0.25) is 0 Å². The Morgan fingerprint density at radius 1 is 1.53 bits per heavy atom. The second kappa shape index (κ2) is 6.01. The maximum atomic E-state index is 13.7. The van der Waals surface area contributed by atoms with Crippen molar-refractivity contribution < 1.29 is 9.13 Å². The van der Waals surface area contributed by atoms with Gasteiger partial charge in [-0.2, -0.15) is 11.8 Å². The molecule has 0 aliphatic carbocycles. The highest BCUT2D eigenvalue weighted by Gasteiger charge is 2.17. The van der Waals surface area contributed by atoms with Crippen LogP contribution in [0.1, 0.15) is 18.1 Å². The van der Waals surface area contributed by atoms with Crippen molar-refractivity contribution in [1.82, 2.24) is 9.55 Å². The summed E-state index contributed by atoms with van der Waals surface area (Å²) in [6.07, 6.45) is 2.04. The quantitative estimate of drug-likeness (QED) is 0.785. The molecule has 3 nitrogen and oxygen atoms in total. The molecule has 2 aromatic rings. The maximum absolute atomic E-state index is 13.7. The smallest absolute Gasteiger partial charge is 0.167 e. The number of nitrogens with zero attached hydrogens (tertiary/aromatic N) is 2. The number of imidazole rings is 1. The molecule has 0 amide bonds. The number of benzene rings is 1. The number of methoxy groups -OCH3 is 1. The van der Waals surface area contributed by atoms with Crippen molar-refractivity contribution in [3.8, 4) is 5.75 Å². The molecule has 0 saturated carbocycles. The zero-order valence-corrected chi connectivity index (χ0v) is 12.7. The molecular formula is C13H16ClFN2OS. The highest BCUT2D eigenvalue weighted by molar-refractivity contribution is 7.98. The molecule has 1 aromatic heterocycles. The molecule has 0 spiro atoms. The Hall–Kier alpha value is -0.940. The second-order valence-corrected chi connectivity index (χ2v) is 5.85. The molecule has 0 bridgehead atoms. The fraction of sp³-hybridized carbons (Fsp3) is 0.462. The van der Waals surface area contributed by atoms with E-state index >= 15 is 0 Å². The molecule has 0 N–H and O–H groups in total. The second-order valence-electron chi connectivity index (χ2n) is 4.21. The lowest BCUT2D eigenvalue weighted by molar-refractivity contribution is 0.387. The van der Waals surface area contributed by atoms with Crippen LogP contribution in [0.25, 0.3) is 11.0 Å². The number of alkyl halides is 1. The molecule has 1 unspecified atom stereocenters. The SMILES string of the molecule is COc1cc2c(cc1F)nc(C(C)Cl)n2CCSC. The summed E-state index contributed by atoms with van der Waals surface area (Å²) in [4.78, 5) is 4.43. The minimum Gasteiger partial charge on any atom is -0.494 e. The molecule has 0 fully saturated rings. The average molecular weight is 303 g/mol. The molecule has 0 aliphatic heterocycles. The first kappa shape index (κ1) is 14.5. The Morgan fingerprint density at radius 3 is 2.84 bits per heavy atom. The Bertz CT molecular complexity index is 586. The van der Waals surface area contributed by atoms with Crippen molar-refractivity contribution in [3.63, 3.8) is 0 Å². The third-order valence-corrected chi connectivity index (χ3v) is 3.71. The van der Waals surface area contributed by atoms with Gasteiger partial charge in [-0.05, 0) is 13.2 Å². The van der Waals surface area contributed by atoms with Gasteiger partial charge in [0.25, 0.3) is 0 Å². The average Bonchev–Trinajstić information content (AvgIpc) is 2.73. The number of hydrogen-bond acceptors (Lipinski definition) is 3. The van der Waals surface area contributed by atoms with Crippen LogP contribution < -0.4 is 4.74 Å². The maximum Gasteiger partial charge on any atom is 0.167 e. The van der Waals surface area contributed by atoms with Gasteiger partial charge in [-0.25, -0.2) is 9.37 Å².